The van der Waals surface area contributed by atoms with Crippen molar-refractivity contribution in [1.82, 2.24) is 10.1 Å². The second kappa shape index (κ2) is 7.70. The number of nitrogens with zero attached hydrogens (tertiary/aromatic N) is 3. The first-order valence-corrected chi connectivity index (χ1v) is 8.79. The predicted molar refractivity (Wildman–Crippen MR) is 99.1 cm³/mol. The Kier molecular flexibility index (Phi) is 5.38. The highest BCUT2D eigenvalue weighted by Gasteiger charge is 2.19. The molecule has 1 aromatic carbocycles. The lowest BCUT2D eigenvalue weighted by Crippen LogP contribution is -2.47. The Hall–Kier alpha value is -2.34. The molecule has 1 aliphatic rings. The lowest BCUT2D eigenvalue weighted by atomic mass is 10.1. The smallest absolute Gasteiger partial charge is 0.226 e. The first-order valence-electron chi connectivity index (χ1n) is 8.79. The van der Waals surface area contributed by atoms with E-state index in [0.29, 0.717) is 18.0 Å². The number of benzene rings is 1. The molecule has 0 bridgehead atoms. The van der Waals surface area contributed by atoms with Gasteiger partial charge in [-0.1, -0.05) is 17.3 Å². The number of hydrogen-bond acceptors (Lipinski definition) is 5. The van der Waals surface area contributed by atoms with E-state index in [-0.39, 0.29) is 5.91 Å². The molecule has 25 heavy (non-hydrogen) atoms. The monoisotopic (exact) mass is 342 g/mol. The number of carbonyl (C=O) groups is 1. The largest absolute Gasteiger partial charge is 0.369 e. The van der Waals surface area contributed by atoms with Gasteiger partial charge in [-0.15, -0.1) is 0 Å². The number of rotatable bonds is 5. The van der Waals surface area contributed by atoms with E-state index in [1.807, 2.05) is 0 Å². The molecule has 1 aromatic heterocycles. The first kappa shape index (κ1) is 17.5. The molecule has 6 nitrogen and oxygen atoms in total. The Labute approximate surface area is 148 Å². The minimum atomic E-state index is -0.0229. The Bertz CT molecular complexity index is 733. The third-order valence-corrected chi connectivity index (χ3v) is 4.84. The number of hydrogen-bond donors (Lipinski definition) is 1. The van der Waals surface area contributed by atoms with Crippen LogP contribution in [0.5, 0.6) is 0 Å². The van der Waals surface area contributed by atoms with Crippen molar-refractivity contribution >= 4 is 17.4 Å². The van der Waals surface area contributed by atoms with Crippen LogP contribution in [0.2, 0.25) is 0 Å². The van der Waals surface area contributed by atoms with Crippen molar-refractivity contribution in [1.29, 1.82) is 0 Å². The Balaban J connectivity index is 1.45. The van der Waals surface area contributed by atoms with Crippen molar-refractivity contribution in [2.75, 3.05) is 42.9 Å². The standard InChI is InChI=1S/C19H26N4O2/c1-14-5-4-6-17(16(14)3)23-11-9-22(10-12-23)8-7-19(24)20-18-13-15(2)25-21-18/h4-6,13H,7-12H2,1-3H3,(H,20,21,24). The van der Waals surface area contributed by atoms with Crippen LogP contribution >= 0.6 is 0 Å². The van der Waals surface area contributed by atoms with Crippen molar-refractivity contribution in [3.63, 3.8) is 0 Å². The molecule has 0 saturated carbocycles. The van der Waals surface area contributed by atoms with Gasteiger partial charge in [-0.3, -0.25) is 9.69 Å². The molecule has 1 fully saturated rings. The van der Waals surface area contributed by atoms with Crippen LogP contribution in [0.15, 0.2) is 28.8 Å². The van der Waals surface area contributed by atoms with Crippen molar-refractivity contribution in [3.05, 3.63) is 41.2 Å². The van der Waals surface area contributed by atoms with Crippen molar-refractivity contribution in [2.45, 2.75) is 27.2 Å². The summed E-state index contributed by atoms with van der Waals surface area (Å²) in [5.41, 5.74) is 4.02. The summed E-state index contributed by atoms with van der Waals surface area (Å²) >= 11 is 0. The van der Waals surface area contributed by atoms with Gasteiger partial charge < -0.3 is 14.7 Å². The molecule has 1 aliphatic heterocycles. The molecule has 1 saturated heterocycles. The first-order chi connectivity index (χ1) is 12.0. The summed E-state index contributed by atoms with van der Waals surface area (Å²) in [5, 5.41) is 6.55. The van der Waals surface area contributed by atoms with Gasteiger partial charge in [0, 0.05) is 50.9 Å². The fourth-order valence-electron chi connectivity index (χ4n) is 3.18. The summed E-state index contributed by atoms with van der Waals surface area (Å²) in [5.74, 6) is 1.16. The molecule has 0 spiro atoms. The van der Waals surface area contributed by atoms with Gasteiger partial charge >= 0.3 is 0 Å². The number of nitrogens with one attached hydrogen (secondary N) is 1. The number of anilines is 2. The molecule has 0 radical (unpaired) electrons. The van der Waals surface area contributed by atoms with E-state index in [1.54, 1.807) is 13.0 Å². The topological polar surface area (TPSA) is 61.6 Å². The highest BCUT2D eigenvalue weighted by Crippen LogP contribution is 2.23. The maximum absolute atomic E-state index is 12.0. The zero-order chi connectivity index (χ0) is 17.8. The quantitative estimate of drug-likeness (QED) is 0.905. The molecule has 2 aromatic rings. The second-order valence-corrected chi connectivity index (χ2v) is 6.67. The molecule has 6 heteroatoms. The number of carbonyl (C=O) groups excluding carboxylic acids is 1. The number of aromatic nitrogens is 1. The zero-order valence-electron chi connectivity index (χ0n) is 15.2. The summed E-state index contributed by atoms with van der Waals surface area (Å²) < 4.78 is 4.95. The summed E-state index contributed by atoms with van der Waals surface area (Å²) in [4.78, 5) is 16.8. The van der Waals surface area contributed by atoms with Crippen LogP contribution in [-0.4, -0.2) is 48.7 Å². The molecule has 2 heterocycles. The molecule has 134 valence electrons. The van der Waals surface area contributed by atoms with Gasteiger partial charge in [0.15, 0.2) is 5.82 Å². The summed E-state index contributed by atoms with van der Waals surface area (Å²) in [6.07, 6.45) is 0.468. The van der Waals surface area contributed by atoms with Crippen LogP contribution in [0.25, 0.3) is 0 Å². The molecule has 1 amide bonds. The van der Waals surface area contributed by atoms with Crippen LogP contribution in [0, 0.1) is 20.8 Å². The van der Waals surface area contributed by atoms with E-state index in [4.69, 9.17) is 4.52 Å². The van der Waals surface area contributed by atoms with Gasteiger partial charge in [0.2, 0.25) is 5.91 Å². The maximum Gasteiger partial charge on any atom is 0.226 e. The summed E-state index contributed by atoms with van der Waals surface area (Å²) in [6.45, 7) is 10.9. The van der Waals surface area contributed by atoms with E-state index in [0.717, 1.165) is 32.7 Å². The average molecular weight is 342 g/mol. The van der Waals surface area contributed by atoms with Crippen LogP contribution in [0.1, 0.15) is 23.3 Å². The molecule has 1 N–H and O–H groups in total. The third kappa shape index (κ3) is 4.39. The maximum atomic E-state index is 12.0. The van der Waals surface area contributed by atoms with Crippen LogP contribution in [0.3, 0.4) is 0 Å². The minimum Gasteiger partial charge on any atom is -0.369 e. The normalized spacial score (nSPS) is 15.4. The summed E-state index contributed by atoms with van der Waals surface area (Å²) in [7, 11) is 0. The number of piperazine rings is 1. The van der Waals surface area contributed by atoms with Gasteiger partial charge in [-0.25, -0.2) is 0 Å². The van der Waals surface area contributed by atoms with Crippen LogP contribution in [0.4, 0.5) is 11.5 Å². The van der Waals surface area contributed by atoms with E-state index in [9.17, 15) is 4.79 Å². The van der Waals surface area contributed by atoms with Crippen LogP contribution in [-0.2, 0) is 4.79 Å². The van der Waals surface area contributed by atoms with E-state index in [2.05, 4.69) is 52.3 Å². The Morgan fingerprint density at radius 1 is 1.20 bits per heavy atom. The second-order valence-electron chi connectivity index (χ2n) is 6.67. The van der Waals surface area contributed by atoms with Crippen molar-refractivity contribution in [2.24, 2.45) is 0 Å². The Morgan fingerprint density at radius 2 is 1.96 bits per heavy atom. The van der Waals surface area contributed by atoms with E-state index < -0.39 is 0 Å². The Morgan fingerprint density at radius 3 is 2.64 bits per heavy atom. The van der Waals surface area contributed by atoms with E-state index in [1.165, 1.54) is 16.8 Å². The molecule has 0 aliphatic carbocycles. The number of aryl methyl sites for hydroxylation is 2. The van der Waals surface area contributed by atoms with Gasteiger partial charge in [-0.2, -0.15) is 0 Å². The molecular weight excluding hydrogens is 316 g/mol. The van der Waals surface area contributed by atoms with Gasteiger partial charge in [0.1, 0.15) is 5.76 Å². The van der Waals surface area contributed by atoms with Crippen LogP contribution < -0.4 is 10.2 Å². The van der Waals surface area contributed by atoms with Gasteiger partial charge in [0.05, 0.1) is 0 Å². The average Bonchev–Trinajstić information content (AvgIpc) is 3.01. The lowest BCUT2D eigenvalue weighted by Gasteiger charge is -2.37. The molecule has 0 unspecified atom stereocenters. The molecule has 0 atom stereocenters. The van der Waals surface area contributed by atoms with Gasteiger partial charge in [0.25, 0.3) is 0 Å². The summed E-state index contributed by atoms with van der Waals surface area (Å²) in [6, 6.07) is 8.20. The van der Waals surface area contributed by atoms with Gasteiger partial charge in [-0.05, 0) is 38.0 Å². The molecule has 3 rings (SSSR count). The fraction of sp³-hybridized carbons (Fsp3) is 0.474. The lowest BCUT2D eigenvalue weighted by molar-refractivity contribution is -0.116. The van der Waals surface area contributed by atoms with Crippen molar-refractivity contribution < 1.29 is 9.32 Å². The number of amides is 1. The van der Waals surface area contributed by atoms with Crippen molar-refractivity contribution in [3.8, 4) is 0 Å². The van der Waals surface area contributed by atoms with E-state index >= 15 is 0 Å². The fourth-order valence-corrected chi connectivity index (χ4v) is 3.18. The third-order valence-electron chi connectivity index (χ3n) is 4.84. The minimum absolute atomic E-state index is 0.0229. The zero-order valence-corrected chi connectivity index (χ0v) is 15.2. The highest BCUT2D eigenvalue weighted by molar-refractivity contribution is 5.89. The molecular formula is C19H26N4O2. The highest BCUT2D eigenvalue weighted by atomic mass is 16.5. The predicted octanol–water partition coefficient (Wildman–Crippen LogP) is 2.75. The SMILES string of the molecule is Cc1cc(NC(=O)CCN2CCN(c3cccc(C)c3C)CC2)no1.